The predicted octanol–water partition coefficient (Wildman–Crippen LogP) is 4.61. The standard InChI is InChI=1S/C19H14BrF2N3O2/c1-10-14(21)3-2-4-16(10)25-9-12(8-17(25)26)19-23-18(24-27-19)11-5-6-15(22)13(20)7-11/h2-7,12H,8-9H2,1H3. The highest BCUT2D eigenvalue weighted by molar-refractivity contribution is 9.10. The molecular formula is C19H14BrF2N3O2. The Morgan fingerprint density at radius 3 is 2.81 bits per heavy atom. The number of anilines is 1. The number of carbonyl (C=O) groups is 1. The summed E-state index contributed by atoms with van der Waals surface area (Å²) >= 11 is 3.13. The van der Waals surface area contributed by atoms with Crippen molar-refractivity contribution in [3.8, 4) is 11.4 Å². The van der Waals surface area contributed by atoms with Crippen molar-refractivity contribution in [3.63, 3.8) is 0 Å². The van der Waals surface area contributed by atoms with Crippen LogP contribution < -0.4 is 4.90 Å². The van der Waals surface area contributed by atoms with Crippen molar-refractivity contribution < 1.29 is 18.1 Å². The highest BCUT2D eigenvalue weighted by Gasteiger charge is 2.36. The van der Waals surface area contributed by atoms with Gasteiger partial charge in [-0.15, -0.1) is 0 Å². The van der Waals surface area contributed by atoms with E-state index in [1.165, 1.54) is 12.1 Å². The Labute approximate surface area is 162 Å². The Hall–Kier alpha value is -2.61. The van der Waals surface area contributed by atoms with Gasteiger partial charge >= 0.3 is 0 Å². The molecule has 0 aliphatic carbocycles. The van der Waals surface area contributed by atoms with Crippen molar-refractivity contribution >= 4 is 27.5 Å². The number of hydrogen-bond acceptors (Lipinski definition) is 4. The Morgan fingerprint density at radius 1 is 1.22 bits per heavy atom. The number of hydrogen-bond donors (Lipinski definition) is 0. The Kier molecular flexibility index (Phi) is 4.51. The molecule has 5 nitrogen and oxygen atoms in total. The smallest absolute Gasteiger partial charge is 0.232 e. The number of carbonyl (C=O) groups excluding carboxylic acids is 1. The summed E-state index contributed by atoms with van der Waals surface area (Å²) in [5.74, 6) is -0.507. The second kappa shape index (κ2) is 6.84. The van der Waals surface area contributed by atoms with Crippen LogP contribution in [0.2, 0.25) is 0 Å². The summed E-state index contributed by atoms with van der Waals surface area (Å²) in [6, 6.07) is 9.08. The minimum Gasteiger partial charge on any atom is -0.339 e. The van der Waals surface area contributed by atoms with Gasteiger partial charge in [-0.25, -0.2) is 8.78 Å². The maximum Gasteiger partial charge on any atom is 0.232 e. The monoisotopic (exact) mass is 433 g/mol. The Balaban J connectivity index is 1.59. The molecule has 1 aliphatic rings. The normalized spacial score (nSPS) is 17.0. The van der Waals surface area contributed by atoms with Crippen LogP contribution in [0.1, 0.15) is 23.8 Å². The fraction of sp³-hybridized carbons (Fsp3) is 0.211. The Morgan fingerprint density at radius 2 is 2.04 bits per heavy atom. The van der Waals surface area contributed by atoms with E-state index >= 15 is 0 Å². The number of nitrogens with zero attached hydrogens (tertiary/aromatic N) is 3. The summed E-state index contributed by atoms with van der Waals surface area (Å²) in [7, 11) is 0. The zero-order chi connectivity index (χ0) is 19.1. The molecule has 2 heterocycles. The van der Waals surface area contributed by atoms with Crippen LogP contribution in [0.4, 0.5) is 14.5 Å². The lowest BCUT2D eigenvalue weighted by molar-refractivity contribution is -0.117. The highest BCUT2D eigenvalue weighted by Crippen LogP contribution is 2.34. The summed E-state index contributed by atoms with van der Waals surface area (Å²) in [6.45, 7) is 1.97. The van der Waals surface area contributed by atoms with Gasteiger partial charge in [0.25, 0.3) is 0 Å². The molecule has 1 aliphatic heterocycles. The van der Waals surface area contributed by atoms with Crippen molar-refractivity contribution in [2.75, 3.05) is 11.4 Å². The van der Waals surface area contributed by atoms with Gasteiger partial charge in [-0.2, -0.15) is 4.98 Å². The molecule has 4 rings (SSSR count). The van der Waals surface area contributed by atoms with Gasteiger partial charge in [-0.1, -0.05) is 11.2 Å². The van der Waals surface area contributed by atoms with Gasteiger partial charge in [0.05, 0.1) is 10.4 Å². The summed E-state index contributed by atoms with van der Waals surface area (Å²) in [6.07, 6.45) is 0.199. The lowest BCUT2D eigenvalue weighted by Crippen LogP contribution is -2.25. The van der Waals surface area contributed by atoms with E-state index in [-0.39, 0.29) is 29.9 Å². The molecule has 0 radical (unpaired) electrons. The Bertz CT molecular complexity index is 1040. The van der Waals surface area contributed by atoms with Crippen molar-refractivity contribution in [1.29, 1.82) is 0 Å². The third-order valence-corrected chi connectivity index (χ3v) is 5.23. The number of amides is 1. The average molecular weight is 434 g/mol. The van der Waals surface area contributed by atoms with Crippen LogP contribution in [0, 0.1) is 18.6 Å². The fourth-order valence-corrected chi connectivity index (χ4v) is 3.53. The molecule has 0 spiro atoms. The summed E-state index contributed by atoms with van der Waals surface area (Å²) < 4.78 is 32.9. The van der Waals surface area contributed by atoms with E-state index in [0.717, 1.165) is 0 Å². The molecule has 0 bridgehead atoms. The van der Waals surface area contributed by atoms with Gasteiger partial charge in [-0.05, 0) is 53.2 Å². The van der Waals surface area contributed by atoms with E-state index in [4.69, 9.17) is 4.52 Å². The van der Waals surface area contributed by atoms with Crippen LogP contribution in [0.3, 0.4) is 0 Å². The van der Waals surface area contributed by atoms with Gasteiger partial charge in [0.2, 0.25) is 17.6 Å². The number of rotatable bonds is 3. The molecule has 0 saturated carbocycles. The van der Waals surface area contributed by atoms with Crippen molar-refractivity contribution in [1.82, 2.24) is 10.1 Å². The topological polar surface area (TPSA) is 59.2 Å². The lowest BCUT2D eigenvalue weighted by atomic mass is 10.1. The van der Waals surface area contributed by atoms with Crippen molar-refractivity contribution in [3.05, 3.63) is 64.0 Å². The molecule has 1 unspecified atom stereocenters. The van der Waals surface area contributed by atoms with Gasteiger partial charge in [-0.3, -0.25) is 4.79 Å². The number of aromatic nitrogens is 2. The van der Waals surface area contributed by atoms with Crippen LogP contribution in [0.5, 0.6) is 0 Å². The summed E-state index contributed by atoms with van der Waals surface area (Å²) in [5.41, 5.74) is 1.57. The van der Waals surface area contributed by atoms with Gasteiger partial charge in [0.15, 0.2) is 0 Å². The van der Waals surface area contributed by atoms with Crippen LogP contribution in [-0.4, -0.2) is 22.6 Å². The summed E-state index contributed by atoms with van der Waals surface area (Å²) in [5, 5.41) is 3.94. The molecule has 27 heavy (non-hydrogen) atoms. The zero-order valence-electron chi connectivity index (χ0n) is 14.2. The average Bonchev–Trinajstić information content (AvgIpc) is 3.27. The van der Waals surface area contributed by atoms with Crippen molar-refractivity contribution in [2.45, 2.75) is 19.3 Å². The minimum absolute atomic E-state index is 0.127. The molecule has 8 heteroatoms. The van der Waals surface area contributed by atoms with Crippen LogP contribution in [0.25, 0.3) is 11.4 Å². The van der Waals surface area contributed by atoms with Gasteiger partial charge in [0.1, 0.15) is 11.6 Å². The van der Waals surface area contributed by atoms with E-state index in [0.29, 0.717) is 39.5 Å². The highest BCUT2D eigenvalue weighted by atomic mass is 79.9. The van der Waals surface area contributed by atoms with E-state index < -0.39 is 0 Å². The molecule has 1 aromatic heterocycles. The first kappa shape index (κ1) is 17.8. The van der Waals surface area contributed by atoms with E-state index in [2.05, 4.69) is 26.1 Å². The first-order valence-corrected chi connectivity index (χ1v) is 9.08. The molecular weight excluding hydrogens is 420 g/mol. The minimum atomic E-state index is -0.384. The van der Waals surface area contributed by atoms with Crippen molar-refractivity contribution in [2.24, 2.45) is 0 Å². The van der Waals surface area contributed by atoms with Crippen LogP contribution in [0.15, 0.2) is 45.4 Å². The van der Waals surface area contributed by atoms with Gasteiger partial charge < -0.3 is 9.42 Å². The lowest BCUT2D eigenvalue weighted by Gasteiger charge is -2.18. The number of halogens is 3. The first-order chi connectivity index (χ1) is 12.9. The van der Waals surface area contributed by atoms with E-state index in [9.17, 15) is 13.6 Å². The second-order valence-electron chi connectivity index (χ2n) is 6.37. The van der Waals surface area contributed by atoms with E-state index in [1.54, 1.807) is 36.1 Å². The predicted molar refractivity (Wildman–Crippen MR) is 98.2 cm³/mol. The molecule has 1 saturated heterocycles. The van der Waals surface area contributed by atoms with E-state index in [1.807, 2.05) is 0 Å². The molecule has 2 aromatic carbocycles. The number of benzene rings is 2. The second-order valence-corrected chi connectivity index (χ2v) is 7.23. The molecule has 1 fully saturated rings. The largest absolute Gasteiger partial charge is 0.339 e. The van der Waals surface area contributed by atoms with Crippen LogP contribution in [-0.2, 0) is 4.79 Å². The first-order valence-electron chi connectivity index (χ1n) is 8.28. The molecule has 1 atom stereocenters. The molecule has 0 N–H and O–H groups in total. The maximum absolute atomic E-state index is 13.8. The van der Waals surface area contributed by atoms with Crippen LogP contribution >= 0.6 is 15.9 Å². The molecule has 3 aromatic rings. The zero-order valence-corrected chi connectivity index (χ0v) is 15.8. The van der Waals surface area contributed by atoms with Gasteiger partial charge in [0, 0.05) is 29.8 Å². The molecule has 1 amide bonds. The quantitative estimate of drug-likeness (QED) is 0.605. The fourth-order valence-electron chi connectivity index (χ4n) is 3.15. The SMILES string of the molecule is Cc1c(F)cccc1N1CC(c2nc(-c3ccc(F)c(Br)c3)no2)CC1=O. The molecule has 138 valence electrons. The maximum atomic E-state index is 13.8. The summed E-state index contributed by atoms with van der Waals surface area (Å²) in [4.78, 5) is 18.4. The third kappa shape index (κ3) is 3.25. The third-order valence-electron chi connectivity index (χ3n) is 4.62.